The first-order chi connectivity index (χ1) is 9.77. The van der Waals surface area contributed by atoms with Crippen LogP contribution in [0.25, 0.3) is 0 Å². The first-order valence-corrected chi connectivity index (χ1v) is 8.37. The van der Waals surface area contributed by atoms with E-state index in [9.17, 15) is 9.59 Å². The molecular formula is C15H20N2O2S. The summed E-state index contributed by atoms with van der Waals surface area (Å²) in [6.07, 6.45) is 8.57. The molecule has 2 heterocycles. The number of piperidine rings is 1. The highest BCUT2D eigenvalue weighted by Crippen LogP contribution is 2.32. The van der Waals surface area contributed by atoms with E-state index in [1.54, 1.807) is 11.7 Å². The number of Topliss-reactive ketones (excluding diaryl/α,β-unsaturated/α-hetero) is 1. The second-order valence-corrected chi connectivity index (χ2v) is 6.63. The number of likely N-dealkylation sites (tertiary alicyclic amines) is 1. The van der Waals surface area contributed by atoms with Crippen LogP contribution in [-0.4, -0.2) is 34.2 Å². The number of rotatable bonds is 2. The summed E-state index contributed by atoms with van der Waals surface area (Å²) in [5.41, 5.74) is 1.69. The third-order valence-electron chi connectivity index (χ3n) is 4.52. The summed E-state index contributed by atoms with van der Waals surface area (Å²) in [5, 5.41) is 0. The van der Waals surface area contributed by atoms with Gasteiger partial charge in [-0.05, 0) is 32.1 Å². The smallest absolute Gasteiger partial charge is 0.265 e. The molecule has 2 atom stereocenters. The van der Waals surface area contributed by atoms with Gasteiger partial charge in [-0.2, -0.15) is 0 Å². The van der Waals surface area contributed by atoms with Crippen LogP contribution in [0.1, 0.15) is 54.6 Å². The predicted molar refractivity (Wildman–Crippen MR) is 77.8 cm³/mol. The van der Waals surface area contributed by atoms with Gasteiger partial charge >= 0.3 is 0 Å². The molecule has 4 nitrogen and oxygen atoms in total. The van der Waals surface area contributed by atoms with Crippen LogP contribution >= 0.6 is 11.3 Å². The number of nitrogens with zero attached hydrogens (tertiary/aromatic N) is 2. The summed E-state index contributed by atoms with van der Waals surface area (Å²) in [6, 6.07) is 0.117. The minimum Gasteiger partial charge on any atom is -0.334 e. The predicted octanol–water partition coefficient (Wildman–Crippen LogP) is 2.90. The summed E-state index contributed by atoms with van der Waals surface area (Å²) < 4.78 is 0. The maximum atomic E-state index is 12.6. The number of hydrogen-bond donors (Lipinski definition) is 0. The molecule has 0 spiro atoms. The summed E-state index contributed by atoms with van der Waals surface area (Å²) in [4.78, 5) is 31.4. The van der Waals surface area contributed by atoms with Crippen LogP contribution in [-0.2, 0) is 4.79 Å². The topological polar surface area (TPSA) is 50.3 Å². The van der Waals surface area contributed by atoms with Crippen LogP contribution in [0.2, 0.25) is 0 Å². The third kappa shape index (κ3) is 2.64. The van der Waals surface area contributed by atoms with Crippen molar-refractivity contribution < 1.29 is 9.59 Å². The molecule has 2 aliphatic rings. The first-order valence-electron chi connectivity index (χ1n) is 7.49. The van der Waals surface area contributed by atoms with E-state index in [1.807, 2.05) is 4.90 Å². The molecule has 1 aliphatic carbocycles. The standard InChI is InChI=1S/C15H20N2O2S/c18-13-7-2-1-5-11(13)12-6-3-4-8-17(12)15(19)14-9-16-10-20-14/h9-12H,1-8H2. The number of carbonyl (C=O) groups is 2. The monoisotopic (exact) mass is 292 g/mol. The highest BCUT2D eigenvalue weighted by Gasteiger charge is 2.37. The van der Waals surface area contributed by atoms with Crippen LogP contribution < -0.4 is 0 Å². The number of carbonyl (C=O) groups excluding carboxylic acids is 2. The molecule has 1 aromatic heterocycles. The molecule has 0 bridgehead atoms. The second kappa shape index (κ2) is 6.04. The Bertz CT molecular complexity index is 486. The molecule has 0 N–H and O–H groups in total. The Morgan fingerprint density at radius 1 is 1.25 bits per heavy atom. The van der Waals surface area contributed by atoms with Gasteiger partial charge in [-0.3, -0.25) is 14.6 Å². The number of hydrogen-bond acceptors (Lipinski definition) is 4. The van der Waals surface area contributed by atoms with Gasteiger partial charge in [0.2, 0.25) is 0 Å². The molecule has 1 saturated carbocycles. The van der Waals surface area contributed by atoms with Crippen molar-refractivity contribution in [3.63, 3.8) is 0 Å². The number of aromatic nitrogens is 1. The van der Waals surface area contributed by atoms with Gasteiger partial charge in [0, 0.05) is 24.9 Å². The fraction of sp³-hybridized carbons (Fsp3) is 0.667. The van der Waals surface area contributed by atoms with Crippen molar-refractivity contribution in [1.29, 1.82) is 0 Å². The Morgan fingerprint density at radius 2 is 2.10 bits per heavy atom. The van der Waals surface area contributed by atoms with E-state index in [0.717, 1.165) is 45.1 Å². The van der Waals surface area contributed by atoms with E-state index in [0.29, 0.717) is 17.1 Å². The Kier molecular flexibility index (Phi) is 4.15. The largest absolute Gasteiger partial charge is 0.334 e. The van der Waals surface area contributed by atoms with Gasteiger partial charge < -0.3 is 4.90 Å². The van der Waals surface area contributed by atoms with Crippen LogP contribution in [0.3, 0.4) is 0 Å². The van der Waals surface area contributed by atoms with Crippen molar-refractivity contribution >= 4 is 23.0 Å². The minimum atomic E-state index is 0.0653. The SMILES string of the molecule is O=C1CCCCC1C1CCCCN1C(=O)c1cncs1. The van der Waals surface area contributed by atoms with Gasteiger partial charge in [-0.25, -0.2) is 0 Å². The zero-order chi connectivity index (χ0) is 13.9. The lowest BCUT2D eigenvalue weighted by molar-refractivity contribution is -0.127. The Balaban J connectivity index is 1.80. The molecular weight excluding hydrogens is 272 g/mol. The average Bonchev–Trinajstić information content (AvgIpc) is 3.01. The second-order valence-electron chi connectivity index (χ2n) is 5.75. The normalized spacial score (nSPS) is 27.6. The maximum absolute atomic E-state index is 12.6. The Morgan fingerprint density at radius 3 is 2.85 bits per heavy atom. The fourth-order valence-electron chi connectivity index (χ4n) is 3.51. The number of amides is 1. The summed E-state index contributed by atoms with van der Waals surface area (Å²) in [6.45, 7) is 0.783. The molecule has 2 unspecified atom stereocenters. The lowest BCUT2D eigenvalue weighted by Gasteiger charge is -2.40. The van der Waals surface area contributed by atoms with Gasteiger partial charge in [-0.15, -0.1) is 11.3 Å². The number of thiazole rings is 1. The van der Waals surface area contributed by atoms with Crippen molar-refractivity contribution in [3.05, 3.63) is 16.6 Å². The maximum Gasteiger partial charge on any atom is 0.265 e. The Labute approximate surface area is 123 Å². The molecule has 1 saturated heterocycles. The lowest BCUT2D eigenvalue weighted by Crippen LogP contribution is -2.50. The van der Waals surface area contributed by atoms with Gasteiger partial charge in [0.05, 0.1) is 11.7 Å². The molecule has 1 amide bonds. The lowest BCUT2D eigenvalue weighted by atomic mass is 9.79. The van der Waals surface area contributed by atoms with Gasteiger partial charge in [-0.1, -0.05) is 6.42 Å². The minimum absolute atomic E-state index is 0.0653. The van der Waals surface area contributed by atoms with Crippen molar-refractivity contribution in [2.75, 3.05) is 6.54 Å². The van der Waals surface area contributed by atoms with E-state index in [-0.39, 0.29) is 17.9 Å². The molecule has 1 aliphatic heterocycles. The van der Waals surface area contributed by atoms with E-state index in [4.69, 9.17) is 0 Å². The van der Waals surface area contributed by atoms with Gasteiger partial charge in [0.25, 0.3) is 5.91 Å². The van der Waals surface area contributed by atoms with Crippen LogP contribution in [0.4, 0.5) is 0 Å². The van der Waals surface area contributed by atoms with E-state index in [1.165, 1.54) is 11.3 Å². The van der Waals surface area contributed by atoms with Crippen LogP contribution in [0.5, 0.6) is 0 Å². The number of ketones is 1. The van der Waals surface area contributed by atoms with Crippen molar-refractivity contribution in [1.82, 2.24) is 9.88 Å². The zero-order valence-corrected chi connectivity index (χ0v) is 12.4. The van der Waals surface area contributed by atoms with E-state index >= 15 is 0 Å². The molecule has 0 radical (unpaired) electrons. The molecule has 1 aromatic rings. The summed E-state index contributed by atoms with van der Waals surface area (Å²) >= 11 is 1.39. The van der Waals surface area contributed by atoms with Crippen LogP contribution in [0.15, 0.2) is 11.7 Å². The van der Waals surface area contributed by atoms with Crippen molar-refractivity contribution in [3.8, 4) is 0 Å². The molecule has 0 aromatic carbocycles. The first kappa shape index (κ1) is 13.7. The highest BCUT2D eigenvalue weighted by molar-refractivity contribution is 7.11. The quantitative estimate of drug-likeness (QED) is 0.842. The fourth-order valence-corrected chi connectivity index (χ4v) is 4.08. The van der Waals surface area contributed by atoms with Crippen molar-refractivity contribution in [2.24, 2.45) is 5.92 Å². The van der Waals surface area contributed by atoms with E-state index in [2.05, 4.69) is 4.98 Å². The van der Waals surface area contributed by atoms with E-state index < -0.39 is 0 Å². The average molecular weight is 292 g/mol. The van der Waals surface area contributed by atoms with Gasteiger partial charge in [0.1, 0.15) is 10.7 Å². The third-order valence-corrected chi connectivity index (χ3v) is 5.28. The molecule has 5 heteroatoms. The molecule has 20 heavy (non-hydrogen) atoms. The van der Waals surface area contributed by atoms with Gasteiger partial charge in [0.15, 0.2) is 0 Å². The summed E-state index contributed by atoms with van der Waals surface area (Å²) in [7, 11) is 0. The van der Waals surface area contributed by atoms with Crippen molar-refractivity contribution in [2.45, 2.75) is 51.0 Å². The molecule has 108 valence electrons. The Hall–Kier alpha value is -1.23. The zero-order valence-electron chi connectivity index (χ0n) is 11.6. The summed E-state index contributed by atoms with van der Waals surface area (Å²) in [5.74, 6) is 0.502. The van der Waals surface area contributed by atoms with Crippen LogP contribution in [0, 0.1) is 5.92 Å². The molecule has 3 rings (SSSR count). The highest BCUT2D eigenvalue weighted by atomic mass is 32.1. The molecule has 2 fully saturated rings.